The van der Waals surface area contributed by atoms with Crippen LogP contribution in [0, 0.1) is 11.7 Å². The third-order valence-electron chi connectivity index (χ3n) is 3.14. The van der Waals surface area contributed by atoms with E-state index in [1.54, 1.807) is 7.05 Å². The average Bonchev–Trinajstić information content (AvgIpc) is 2.27. The molecule has 0 atom stereocenters. The van der Waals surface area contributed by atoms with Gasteiger partial charge in [0.15, 0.2) is 0 Å². The van der Waals surface area contributed by atoms with Crippen molar-refractivity contribution in [1.29, 1.82) is 0 Å². The number of hydrogen-bond acceptors (Lipinski definition) is 2. The summed E-state index contributed by atoms with van der Waals surface area (Å²) in [7, 11) is 1.66. The lowest BCUT2D eigenvalue weighted by Crippen LogP contribution is -2.45. The zero-order valence-corrected chi connectivity index (χ0v) is 10.2. The lowest BCUT2D eigenvalue weighted by atomic mass is 9.80. The Bertz CT molecular complexity index is 446. The van der Waals surface area contributed by atoms with Crippen molar-refractivity contribution in [3.63, 3.8) is 0 Å². The second-order valence-electron chi connectivity index (χ2n) is 4.42. The summed E-state index contributed by atoms with van der Waals surface area (Å²) in [5.41, 5.74) is 6.25. The van der Waals surface area contributed by atoms with Crippen molar-refractivity contribution in [2.24, 2.45) is 11.7 Å². The number of benzene rings is 1. The van der Waals surface area contributed by atoms with Crippen LogP contribution in [0.4, 0.5) is 10.1 Å². The molecule has 17 heavy (non-hydrogen) atoms. The molecule has 0 spiro atoms. The highest BCUT2D eigenvalue weighted by Gasteiger charge is 2.34. The first-order valence-electron chi connectivity index (χ1n) is 5.47. The second-order valence-corrected chi connectivity index (χ2v) is 4.83. The van der Waals surface area contributed by atoms with E-state index in [0.29, 0.717) is 5.69 Å². The van der Waals surface area contributed by atoms with E-state index in [2.05, 4.69) is 0 Å². The van der Waals surface area contributed by atoms with Gasteiger partial charge in [-0.25, -0.2) is 4.39 Å². The molecule has 0 aliphatic heterocycles. The summed E-state index contributed by atoms with van der Waals surface area (Å²) in [4.78, 5) is 13.5. The largest absolute Gasteiger partial charge is 0.328 e. The van der Waals surface area contributed by atoms with Gasteiger partial charge in [0.05, 0.1) is 5.02 Å². The molecule has 0 saturated heterocycles. The maximum Gasteiger partial charge on any atom is 0.229 e. The summed E-state index contributed by atoms with van der Waals surface area (Å²) in [6.45, 7) is 0. The molecule has 5 heteroatoms. The van der Waals surface area contributed by atoms with Crippen molar-refractivity contribution >= 4 is 23.2 Å². The Kier molecular flexibility index (Phi) is 3.35. The van der Waals surface area contributed by atoms with Crippen molar-refractivity contribution in [1.82, 2.24) is 0 Å². The fourth-order valence-corrected chi connectivity index (χ4v) is 2.13. The van der Waals surface area contributed by atoms with Crippen LogP contribution in [-0.4, -0.2) is 19.0 Å². The molecule has 0 radical (unpaired) electrons. The monoisotopic (exact) mass is 256 g/mol. The van der Waals surface area contributed by atoms with Gasteiger partial charge in [0, 0.05) is 24.7 Å². The van der Waals surface area contributed by atoms with Crippen LogP contribution in [0.3, 0.4) is 0 Å². The first kappa shape index (κ1) is 12.3. The zero-order valence-electron chi connectivity index (χ0n) is 9.49. The summed E-state index contributed by atoms with van der Waals surface area (Å²) in [5.74, 6) is -0.491. The molecule has 3 nitrogen and oxygen atoms in total. The van der Waals surface area contributed by atoms with Crippen LogP contribution in [0.25, 0.3) is 0 Å². The van der Waals surface area contributed by atoms with E-state index in [1.807, 2.05) is 0 Å². The predicted molar refractivity (Wildman–Crippen MR) is 65.5 cm³/mol. The first-order valence-corrected chi connectivity index (χ1v) is 5.85. The molecule has 1 fully saturated rings. The molecule has 1 aliphatic carbocycles. The van der Waals surface area contributed by atoms with Crippen LogP contribution < -0.4 is 10.6 Å². The lowest BCUT2D eigenvalue weighted by Gasteiger charge is -2.34. The van der Waals surface area contributed by atoms with Gasteiger partial charge in [0.25, 0.3) is 0 Å². The highest BCUT2D eigenvalue weighted by Crippen LogP contribution is 2.30. The quantitative estimate of drug-likeness (QED) is 0.882. The Morgan fingerprint density at radius 3 is 2.71 bits per heavy atom. The van der Waals surface area contributed by atoms with E-state index in [0.717, 1.165) is 12.8 Å². The van der Waals surface area contributed by atoms with Crippen molar-refractivity contribution < 1.29 is 9.18 Å². The normalized spacial score (nSPS) is 23.1. The molecule has 0 bridgehead atoms. The van der Waals surface area contributed by atoms with Crippen LogP contribution in [0.1, 0.15) is 12.8 Å². The fraction of sp³-hybridized carbons (Fsp3) is 0.417. The van der Waals surface area contributed by atoms with Crippen LogP contribution in [-0.2, 0) is 4.79 Å². The number of rotatable bonds is 2. The van der Waals surface area contributed by atoms with E-state index in [1.165, 1.54) is 23.1 Å². The fourth-order valence-electron chi connectivity index (χ4n) is 1.96. The molecule has 92 valence electrons. The number of nitrogens with two attached hydrogens (primary N) is 1. The molecule has 1 saturated carbocycles. The third-order valence-corrected chi connectivity index (χ3v) is 3.43. The van der Waals surface area contributed by atoms with Gasteiger partial charge in [-0.2, -0.15) is 0 Å². The van der Waals surface area contributed by atoms with Crippen LogP contribution in [0.5, 0.6) is 0 Å². The highest BCUT2D eigenvalue weighted by atomic mass is 35.5. The summed E-state index contributed by atoms with van der Waals surface area (Å²) in [5, 5.41) is 0.0208. The van der Waals surface area contributed by atoms with Gasteiger partial charge in [0.2, 0.25) is 5.91 Å². The molecule has 2 N–H and O–H groups in total. The van der Waals surface area contributed by atoms with Gasteiger partial charge in [-0.05, 0) is 31.0 Å². The van der Waals surface area contributed by atoms with E-state index in [4.69, 9.17) is 17.3 Å². The molecule has 1 amide bonds. The number of hydrogen-bond donors (Lipinski definition) is 1. The molecule has 0 aromatic heterocycles. The number of nitrogens with zero attached hydrogens (tertiary/aromatic N) is 1. The summed E-state index contributed by atoms with van der Waals surface area (Å²) in [6, 6.07) is 4.38. The molecular formula is C12H14ClFN2O. The van der Waals surface area contributed by atoms with Gasteiger partial charge in [0.1, 0.15) is 5.82 Å². The van der Waals surface area contributed by atoms with E-state index >= 15 is 0 Å². The standard InChI is InChI=1S/C12H14ClFN2O/c1-16(12(17)7-4-8(15)5-7)9-2-3-11(14)10(13)6-9/h2-3,6-8H,4-5,15H2,1H3. The minimum atomic E-state index is -0.484. The van der Waals surface area contributed by atoms with Gasteiger partial charge < -0.3 is 10.6 Å². The SMILES string of the molecule is CN(C(=O)C1CC(N)C1)c1ccc(F)c(Cl)c1. The number of amides is 1. The number of anilines is 1. The zero-order chi connectivity index (χ0) is 12.6. The maximum absolute atomic E-state index is 13.0. The second kappa shape index (κ2) is 4.63. The van der Waals surface area contributed by atoms with E-state index in [9.17, 15) is 9.18 Å². The highest BCUT2D eigenvalue weighted by molar-refractivity contribution is 6.31. The minimum absolute atomic E-state index is 0.00868. The third kappa shape index (κ3) is 2.42. The van der Waals surface area contributed by atoms with E-state index < -0.39 is 5.82 Å². The van der Waals surface area contributed by atoms with Gasteiger partial charge in [-0.15, -0.1) is 0 Å². The Labute approximate surface area is 104 Å². The minimum Gasteiger partial charge on any atom is -0.328 e. The van der Waals surface area contributed by atoms with Crippen LogP contribution >= 0.6 is 11.6 Å². The molecule has 2 rings (SSSR count). The summed E-state index contributed by atoms with van der Waals surface area (Å²) >= 11 is 5.68. The molecule has 1 aromatic rings. The number of carbonyl (C=O) groups is 1. The molecule has 0 heterocycles. The van der Waals surface area contributed by atoms with Crippen molar-refractivity contribution in [2.75, 3.05) is 11.9 Å². The number of carbonyl (C=O) groups excluding carboxylic acids is 1. The van der Waals surface area contributed by atoms with Crippen molar-refractivity contribution in [3.8, 4) is 0 Å². The Morgan fingerprint density at radius 1 is 1.53 bits per heavy atom. The van der Waals surface area contributed by atoms with E-state index in [-0.39, 0.29) is 22.9 Å². The first-order chi connectivity index (χ1) is 7.99. The van der Waals surface area contributed by atoms with Gasteiger partial charge in [-0.3, -0.25) is 4.79 Å². The van der Waals surface area contributed by atoms with Crippen molar-refractivity contribution in [3.05, 3.63) is 29.0 Å². The average molecular weight is 257 g/mol. The van der Waals surface area contributed by atoms with Gasteiger partial charge >= 0.3 is 0 Å². The Balaban J connectivity index is 2.11. The van der Waals surface area contributed by atoms with Gasteiger partial charge in [-0.1, -0.05) is 11.6 Å². The Morgan fingerprint density at radius 2 is 2.18 bits per heavy atom. The van der Waals surface area contributed by atoms with Crippen LogP contribution in [0.2, 0.25) is 5.02 Å². The lowest BCUT2D eigenvalue weighted by molar-refractivity contribution is -0.124. The summed E-state index contributed by atoms with van der Waals surface area (Å²) in [6.07, 6.45) is 1.44. The molecular weight excluding hydrogens is 243 g/mol. The summed E-state index contributed by atoms with van der Waals surface area (Å²) < 4.78 is 13.0. The molecule has 1 aliphatic rings. The topological polar surface area (TPSA) is 46.3 Å². The maximum atomic E-state index is 13.0. The molecule has 1 aromatic carbocycles. The predicted octanol–water partition coefficient (Wildman–Crippen LogP) is 2.18. The molecule has 0 unspecified atom stereocenters. The Hall–Kier alpha value is -1.13. The smallest absolute Gasteiger partial charge is 0.229 e. The van der Waals surface area contributed by atoms with Crippen molar-refractivity contribution in [2.45, 2.75) is 18.9 Å². The number of halogens is 2. The van der Waals surface area contributed by atoms with Crippen LogP contribution in [0.15, 0.2) is 18.2 Å².